The number of hydrogen-bond acceptors (Lipinski definition) is 8. The summed E-state index contributed by atoms with van der Waals surface area (Å²) in [5, 5.41) is 6.39. The number of phosphoric ester groups is 1. The van der Waals surface area contributed by atoms with Gasteiger partial charge in [-0.25, -0.2) is 4.57 Å². The zero-order valence-electron chi connectivity index (χ0n) is 26.7. The van der Waals surface area contributed by atoms with Gasteiger partial charge in [0.1, 0.15) is 5.71 Å². The van der Waals surface area contributed by atoms with E-state index in [4.69, 9.17) is 25.3 Å². The first kappa shape index (κ1) is 34.6. The van der Waals surface area contributed by atoms with Crippen molar-refractivity contribution in [3.8, 4) is 0 Å². The Morgan fingerprint density at radius 2 is 1.47 bits per heavy atom. The van der Waals surface area contributed by atoms with Crippen molar-refractivity contribution < 1.29 is 27.8 Å². The summed E-state index contributed by atoms with van der Waals surface area (Å²) in [4.78, 5) is 28.5. The van der Waals surface area contributed by atoms with E-state index in [1.807, 2.05) is 73.7 Å². The zero-order chi connectivity index (χ0) is 33.6. The maximum Gasteiger partial charge on any atom is 0.550 e. The molecule has 0 saturated heterocycles. The van der Waals surface area contributed by atoms with Crippen LogP contribution in [0.2, 0.25) is 5.02 Å². The molecule has 0 saturated carbocycles. The van der Waals surface area contributed by atoms with Gasteiger partial charge >= 0.3 is 7.82 Å². The number of aromatic nitrogens is 1. The Hall–Kier alpha value is -3.72. The molecule has 0 radical (unpaired) electrons. The quantitative estimate of drug-likeness (QED) is 0.0355. The second-order valence-electron chi connectivity index (χ2n) is 10.6. The topological polar surface area (TPSA) is 96.2 Å². The Balaban J connectivity index is 1.52. The molecule has 0 aliphatic rings. The normalized spacial score (nSPS) is 12.1. The highest BCUT2D eigenvalue weighted by Gasteiger charge is 2.28. The molecular weight excluding hydrogens is 655 g/mol. The van der Waals surface area contributed by atoms with Gasteiger partial charge in [0.05, 0.1) is 13.2 Å². The van der Waals surface area contributed by atoms with Gasteiger partial charge in [0.2, 0.25) is 5.78 Å². The van der Waals surface area contributed by atoms with Crippen LogP contribution in [0.3, 0.4) is 0 Å². The van der Waals surface area contributed by atoms with Gasteiger partial charge in [-0.3, -0.25) is 23.3 Å². The molecule has 244 valence electrons. The third-order valence-corrected chi connectivity index (χ3v) is 10.3. The first-order valence-corrected chi connectivity index (χ1v) is 18.2. The summed E-state index contributed by atoms with van der Waals surface area (Å²) in [6, 6.07) is 26.1. The number of carbonyl (C=O) groups is 2. The number of nitrogens with zero attached hydrogens (tertiary/aromatic N) is 2. The molecule has 11 heteroatoms. The molecule has 0 aliphatic heterocycles. The number of hydrogen-bond donors (Lipinski definition) is 0. The predicted molar refractivity (Wildman–Crippen MR) is 190 cm³/mol. The minimum Gasteiger partial charge on any atom is -0.341 e. The van der Waals surface area contributed by atoms with Crippen molar-refractivity contribution in [1.82, 2.24) is 4.57 Å². The first-order chi connectivity index (χ1) is 22.7. The van der Waals surface area contributed by atoms with E-state index >= 15 is 0 Å². The highest BCUT2D eigenvalue weighted by Crippen LogP contribution is 2.49. The molecule has 8 nitrogen and oxygen atoms in total. The van der Waals surface area contributed by atoms with E-state index in [1.54, 1.807) is 32.0 Å². The number of ketones is 2. The molecule has 1 aromatic heterocycles. The number of benzene rings is 4. The van der Waals surface area contributed by atoms with Gasteiger partial charge in [-0.2, -0.15) is 0 Å². The monoisotopic (exact) mass is 690 g/mol. The summed E-state index contributed by atoms with van der Waals surface area (Å²) < 4.78 is 31.0. The van der Waals surface area contributed by atoms with Gasteiger partial charge < -0.3 is 4.57 Å². The van der Waals surface area contributed by atoms with Crippen LogP contribution in [-0.2, 0) is 24.8 Å². The third kappa shape index (κ3) is 7.88. The van der Waals surface area contributed by atoms with E-state index in [-0.39, 0.29) is 36.9 Å². The summed E-state index contributed by atoms with van der Waals surface area (Å²) >= 11 is 7.55. The lowest BCUT2D eigenvalue weighted by Gasteiger charge is -2.14. The van der Waals surface area contributed by atoms with Crippen molar-refractivity contribution in [1.29, 1.82) is 0 Å². The summed E-state index contributed by atoms with van der Waals surface area (Å²) in [6.45, 7) is 8.16. The average molecular weight is 691 g/mol. The number of halogens is 1. The van der Waals surface area contributed by atoms with Gasteiger partial charge in [0, 0.05) is 67.1 Å². The Morgan fingerprint density at radius 1 is 0.851 bits per heavy atom. The molecule has 0 atom stereocenters. The van der Waals surface area contributed by atoms with Crippen LogP contribution in [0.1, 0.15) is 59.0 Å². The Bertz CT molecular complexity index is 2000. The number of carbonyl (C=O) groups excluding carboxylic acids is 2. The molecule has 5 aromatic rings. The molecule has 0 N–H and O–H groups in total. The standard InChI is InChI=1S/C36H36ClN2O6PS/c1-5-39-33-18-12-25(35(40)29-11-9-8-10-24(29)4)22-30(33)31-23-26(13-19-34(31)39)36(41)32(38-45-46(42,43-6-2)44-7-3)20-21-47-28-16-14-27(37)15-17-28/h8-19,22-23H,5-7,20-21H2,1-4H3. The second-order valence-corrected chi connectivity index (χ2v) is 13.8. The van der Waals surface area contributed by atoms with Crippen LogP contribution in [0.25, 0.3) is 21.8 Å². The molecule has 0 fully saturated rings. The Morgan fingerprint density at radius 3 is 2.09 bits per heavy atom. The lowest BCUT2D eigenvalue weighted by Crippen LogP contribution is -2.16. The summed E-state index contributed by atoms with van der Waals surface area (Å²) in [5.74, 6) is 0.0466. The molecule has 0 aliphatic carbocycles. The van der Waals surface area contributed by atoms with E-state index < -0.39 is 7.82 Å². The van der Waals surface area contributed by atoms with Crippen molar-refractivity contribution in [3.05, 3.63) is 112 Å². The number of rotatable bonds is 15. The Kier molecular flexibility index (Phi) is 11.4. The van der Waals surface area contributed by atoms with Crippen LogP contribution in [-0.4, -0.2) is 40.8 Å². The maximum atomic E-state index is 14.0. The fourth-order valence-electron chi connectivity index (χ4n) is 5.37. The average Bonchev–Trinajstić information content (AvgIpc) is 3.39. The minimum atomic E-state index is -4.01. The largest absolute Gasteiger partial charge is 0.550 e. The van der Waals surface area contributed by atoms with Crippen molar-refractivity contribution in [2.45, 2.75) is 45.6 Å². The van der Waals surface area contributed by atoms with Gasteiger partial charge in [-0.1, -0.05) is 41.0 Å². The van der Waals surface area contributed by atoms with Crippen molar-refractivity contribution in [3.63, 3.8) is 0 Å². The SMILES string of the molecule is CCOP(=O)(OCC)ON=C(CCSc1ccc(Cl)cc1)C(=O)c1ccc2c(c1)c1cc(C(=O)c3ccccc3C)ccc1n2CC. The van der Waals surface area contributed by atoms with Crippen molar-refractivity contribution in [2.75, 3.05) is 19.0 Å². The molecule has 47 heavy (non-hydrogen) atoms. The van der Waals surface area contributed by atoms with Gasteiger partial charge in [0.25, 0.3) is 0 Å². The van der Waals surface area contributed by atoms with Crippen molar-refractivity contribution >= 4 is 70.3 Å². The number of Topliss-reactive ketones (excluding diaryl/α,β-unsaturated/α-hetero) is 1. The van der Waals surface area contributed by atoms with Crippen LogP contribution >= 0.6 is 31.2 Å². The van der Waals surface area contributed by atoms with E-state index in [0.717, 1.165) is 32.3 Å². The van der Waals surface area contributed by atoms with Crippen LogP contribution in [0, 0.1) is 6.92 Å². The maximum absolute atomic E-state index is 14.0. The predicted octanol–water partition coefficient (Wildman–Crippen LogP) is 9.93. The van der Waals surface area contributed by atoms with Gasteiger partial charge in [-0.05, 0) is 93.9 Å². The highest BCUT2D eigenvalue weighted by molar-refractivity contribution is 7.99. The third-order valence-electron chi connectivity index (χ3n) is 7.60. The van der Waals surface area contributed by atoms with Crippen LogP contribution in [0.5, 0.6) is 0 Å². The lowest BCUT2D eigenvalue weighted by molar-refractivity contribution is 0.103. The highest BCUT2D eigenvalue weighted by atomic mass is 35.5. The van der Waals surface area contributed by atoms with Gasteiger partial charge in [0.15, 0.2) is 5.78 Å². The van der Waals surface area contributed by atoms with Crippen LogP contribution < -0.4 is 0 Å². The Labute approximate surface area is 283 Å². The molecule has 1 heterocycles. The zero-order valence-corrected chi connectivity index (χ0v) is 29.2. The number of oxime groups is 1. The van der Waals surface area contributed by atoms with E-state index in [1.165, 1.54) is 11.8 Å². The van der Waals surface area contributed by atoms with Crippen molar-refractivity contribution in [2.24, 2.45) is 5.16 Å². The fraction of sp³-hybridized carbons (Fsp3) is 0.250. The second kappa shape index (κ2) is 15.5. The molecular formula is C36H36ClN2O6PS. The summed E-state index contributed by atoms with van der Waals surface area (Å²) in [6.07, 6.45) is 0.216. The van der Waals surface area contributed by atoms with Gasteiger partial charge in [-0.15, -0.1) is 11.8 Å². The molecule has 0 bridgehead atoms. The fourth-order valence-corrected chi connectivity index (χ4v) is 7.36. The number of thioether (sulfide) groups is 1. The molecule has 0 amide bonds. The molecule has 0 spiro atoms. The molecule has 5 rings (SSSR count). The molecule has 0 unspecified atom stereocenters. The first-order valence-electron chi connectivity index (χ1n) is 15.4. The smallest absolute Gasteiger partial charge is 0.341 e. The van der Waals surface area contributed by atoms with E-state index in [2.05, 4.69) is 16.6 Å². The van der Waals surface area contributed by atoms with E-state index in [0.29, 0.717) is 34.0 Å². The van der Waals surface area contributed by atoms with E-state index in [9.17, 15) is 14.2 Å². The summed E-state index contributed by atoms with van der Waals surface area (Å²) in [7, 11) is -4.01. The number of aryl methyl sites for hydroxylation is 2. The summed E-state index contributed by atoms with van der Waals surface area (Å²) in [5.41, 5.74) is 4.46. The van der Waals surface area contributed by atoms with Crippen LogP contribution in [0.4, 0.5) is 0 Å². The minimum absolute atomic E-state index is 0.0626. The van der Waals surface area contributed by atoms with Crippen LogP contribution in [0.15, 0.2) is 95.0 Å². The lowest BCUT2D eigenvalue weighted by atomic mass is 9.97. The molecule has 4 aromatic carbocycles. The number of phosphoric acid groups is 1. The number of fused-ring (bicyclic) bond motifs is 3.